The summed E-state index contributed by atoms with van der Waals surface area (Å²) in [7, 11) is 0. The summed E-state index contributed by atoms with van der Waals surface area (Å²) in [5, 5.41) is 9.30. The van der Waals surface area contributed by atoms with E-state index < -0.39 is 23.2 Å². The molecule has 0 spiro atoms. The molecule has 3 aromatic heterocycles. The van der Waals surface area contributed by atoms with Crippen LogP contribution in [-0.4, -0.2) is 36.1 Å². The molecule has 3 heterocycles. The monoisotopic (exact) mass is 431 g/mol. The van der Waals surface area contributed by atoms with Crippen molar-refractivity contribution in [1.29, 1.82) is 0 Å². The molecule has 0 aliphatic heterocycles. The molecule has 0 amide bonds. The molecule has 3 N–H and O–H groups in total. The Labute approximate surface area is 169 Å². The highest BCUT2D eigenvalue weighted by molar-refractivity contribution is 5.82. The summed E-state index contributed by atoms with van der Waals surface area (Å²) in [6, 6.07) is 7.20. The zero-order valence-corrected chi connectivity index (χ0v) is 15.6. The number of alkyl halides is 3. The van der Waals surface area contributed by atoms with E-state index in [1.54, 1.807) is 0 Å². The second-order valence-electron chi connectivity index (χ2n) is 6.87. The lowest BCUT2D eigenvalue weighted by Crippen LogP contribution is -2.13. The van der Waals surface area contributed by atoms with Crippen LogP contribution in [0.25, 0.3) is 27.7 Å². The minimum absolute atomic E-state index is 0.197. The van der Waals surface area contributed by atoms with Crippen LogP contribution in [0.3, 0.4) is 0 Å². The molecule has 0 unspecified atom stereocenters. The minimum Gasteiger partial charge on any atom is -0.366 e. The summed E-state index contributed by atoms with van der Waals surface area (Å²) in [6.45, 7) is 0.308. The highest BCUT2D eigenvalue weighted by atomic mass is 19.4. The topological polar surface area (TPSA) is 104 Å². The molecule has 0 aliphatic carbocycles. The van der Waals surface area contributed by atoms with Gasteiger partial charge in [0.1, 0.15) is 11.6 Å². The van der Waals surface area contributed by atoms with E-state index in [9.17, 15) is 22.4 Å². The average molecular weight is 431 g/mol. The summed E-state index contributed by atoms with van der Waals surface area (Å²) in [4.78, 5) is 23.7. The molecule has 12 heteroatoms. The Kier molecular flexibility index (Phi) is 4.17. The number of H-pyrrole nitrogens is 2. The molecule has 0 atom stereocenters. The van der Waals surface area contributed by atoms with Crippen LogP contribution in [0.5, 0.6) is 0 Å². The molecule has 31 heavy (non-hydrogen) atoms. The smallest absolute Gasteiger partial charge is 0.366 e. The maximum absolute atomic E-state index is 13.6. The van der Waals surface area contributed by atoms with E-state index in [0.717, 1.165) is 12.1 Å². The van der Waals surface area contributed by atoms with Gasteiger partial charge in [0.2, 0.25) is 5.65 Å². The Balaban J connectivity index is 1.41. The van der Waals surface area contributed by atoms with Crippen molar-refractivity contribution in [3.8, 4) is 0 Å². The molecular weight excluding hydrogens is 418 g/mol. The molecule has 0 radical (unpaired) electrons. The van der Waals surface area contributed by atoms with Crippen molar-refractivity contribution < 1.29 is 17.6 Å². The van der Waals surface area contributed by atoms with Crippen molar-refractivity contribution in [2.24, 2.45) is 0 Å². The fourth-order valence-corrected chi connectivity index (χ4v) is 3.40. The van der Waals surface area contributed by atoms with Crippen LogP contribution in [0.4, 0.5) is 23.4 Å². The largest absolute Gasteiger partial charge is 0.416 e. The van der Waals surface area contributed by atoms with Crippen LogP contribution in [0.15, 0.2) is 41.2 Å². The van der Waals surface area contributed by atoms with Gasteiger partial charge in [-0.05, 0) is 30.3 Å². The van der Waals surface area contributed by atoms with Gasteiger partial charge in [0.15, 0.2) is 5.82 Å². The summed E-state index contributed by atoms with van der Waals surface area (Å²) < 4.78 is 53.4. The first-order valence-electron chi connectivity index (χ1n) is 9.16. The van der Waals surface area contributed by atoms with Gasteiger partial charge in [-0.15, -0.1) is 5.10 Å². The SMILES string of the molecule is O=c1[nH]nc2c(NCCc3nc4ccc(C(F)(F)F)cc4[nH]3)nc3ccc(F)cc3n12. The average Bonchev–Trinajstić information content (AvgIpc) is 3.30. The molecule has 5 aromatic rings. The number of halogens is 4. The quantitative estimate of drug-likeness (QED) is 0.379. The summed E-state index contributed by atoms with van der Waals surface area (Å²) in [5.41, 5.74) is 0.292. The number of nitrogens with zero attached hydrogens (tertiary/aromatic N) is 4. The van der Waals surface area contributed by atoms with Gasteiger partial charge in [-0.2, -0.15) is 13.2 Å². The van der Waals surface area contributed by atoms with Crippen LogP contribution in [0.1, 0.15) is 11.4 Å². The van der Waals surface area contributed by atoms with E-state index in [1.165, 1.54) is 28.7 Å². The van der Waals surface area contributed by atoms with Crippen molar-refractivity contribution >= 4 is 33.5 Å². The first kappa shape index (κ1) is 19.0. The predicted molar refractivity (Wildman–Crippen MR) is 104 cm³/mol. The number of aromatic nitrogens is 6. The van der Waals surface area contributed by atoms with Crippen LogP contribution >= 0.6 is 0 Å². The number of rotatable bonds is 4. The predicted octanol–water partition coefficient (Wildman–Crippen LogP) is 3.26. The van der Waals surface area contributed by atoms with Gasteiger partial charge in [-0.25, -0.2) is 28.7 Å². The van der Waals surface area contributed by atoms with Crippen molar-refractivity contribution in [3.63, 3.8) is 0 Å². The third kappa shape index (κ3) is 3.35. The van der Waals surface area contributed by atoms with Crippen LogP contribution < -0.4 is 11.0 Å². The van der Waals surface area contributed by atoms with E-state index >= 15 is 0 Å². The van der Waals surface area contributed by atoms with Crippen molar-refractivity contribution in [1.82, 2.24) is 29.5 Å². The molecule has 0 aliphatic rings. The number of fused-ring (bicyclic) bond motifs is 4. The summed E-state index contributed by atoms with van der Waals surface area (Å²) in [5.74, 6) is 0.274. The van der Waals surface area contributed by atoms with Gasteiger partial charge in [-0.1, -0.05) is 0 Å². The number of nitrogens with one attached hydrogen (secondary N) is 3. The third-order valence-corrected chi connectivity index (χ3v) is 4.81. The van der Waals surface area contributed by atoms with Crippen molar-refractivity contribution in [2.45, 2.75) is 12.6 Å². The lowest BCUT2D eigenvalue weighted by molar-refractivity contribution is -0.137. The van der Waals surface area contributed by atoms with Crippen LogP contribution in [0.2, 0.25) is 0 Å². The van der Waals surface area contributed by atoms with Gasteiger partial charge >= 0.3 is 11.9 Å². The standard InChI is InChI=1S/C19H13F4N7O/c20-10-2-4-12-14(8-10)30-17(28-29-18(30)31)16(27-12)24-6-5-15-25-11-3-1-9(19(21,22)23)7-13(11)26-15/h1-4,7-8H,5-6H2,(H,24,27)(H,25,26)(H,29,31). The Bertz CT molecular complexity index is 1500. The number of aromatic amines is 2. The molecule has 0 bridgehead atoms. The van der Waals surface area contributed by atoms with Crippen LogP contribution in [-0.2, 0) is 12.6 Å². The van der Waals surface area contributed by atoms with E-state index in [1.807, 2.05) is 0 Å². The van der Waals surface area contributed by atoms with Crippen molar-refractivity contribution in [2.75, 3.05) is 11.9 Å². The van der Waals surface area contributed by atoms with Crippen LogP contribution in [0, 0.1) is 5.82 Å². The van der Waals surface area contributed by atoms with E-state index in [4.69, 9.17) is 0 Å². The molecule has 8 nitrogen and oxygen atoms in total. The number of hydrogen-bond donors (Lipinski definition) is 3. The number of imidazole rings is 1. The Morgan fingerprint density at radius 3 is 2.68 bits per heavy atom. The number of hydrogen-bond acceptors (Lipinski definition) is 5. The van der Waals surface area contributed by atoms with E-state index in [2.05, 4.69) is 30.5 Å². The van der Waals surface area contributed by atoms with Gasteiger partial charge < -0.3 is 10.3 Å². The minimum atomic E-state index is -4.43. The molecule has 158 valence electrons. The molecule has 5 rings (SSSR count). The second-order valence-corrected chi connectivity index (χ2v) is 6.87. The fraction of sp³-hybridized carbons (Fsp3) is 0.158. The Hall–Kier alpha value is -3.96. The normalized spacial score (nSPS) is 12.3. The second kappa shape index (κ2) is 6.79. The van der Waals surface area contributed by atoms with E-state index in [-0.39, 0.29) is 16.7 Å². The van der Waals surface area contributed by atoms with Gasteiger partial charge in [0.25, 0.3) is 0 Å². The molecule has 0 saturated carbocycles. The molecule has 2 aromatic carbocycles. The van der Waals surface area contributed by atoms with E-state index in [0.29, 0.717) is 35.6 Å². The van der Waals surface area contributed by atoms with Gasteiger partial charge in [-0.3, -0.25) is 0 Å². The summed E-state index contributed by atoms with van der Waals surface area (Å²) >= 11 is 0. The van der Waals surface area contributed by atoms with Gasteiger partial charge in [0, 0.05) is 19.0 Å². The first-order chi connectivity index (χ1) is 14.8. The third-order valence-electron chi connectivity index (χ3n) is 4.81. The van der Waals surface area contributed by atoms with Gasteiger partial charge in [0.05, 0.1) is 27.6 Å². The summed E-state index contributed by atoms with van der Waals surface area (Å²) in [6.07, 6.45) is -4.08. The first-order valence-corrected chi connectivity index (χ1v) is 9.16. The highest BCUT2D eigenvalue weighted by Crippen LogP contribution is 2.30. The zero-order chi connectivity index (χ0) is 21.8. The number of benzene rings is 2. The molecule has 0 saturated heterocycles. The maximum Gasteiger partial charge on any atom is 0.416 e. The lowest BCUT2D eigenvalue weighted by atomic mass is 10.2. The number of anilines is 1. The molecule has 0 fully saturated rings. The Morgan fingerprint density at radius 1 is 1.06 bits per heavy atom. The fourth-order valence-electron chi connectivity index (χ4n) is 3.40. The van der Waals surface area contributed by atoms with Crippen molar-refractivity contribution in [3.05, 3.63) is 64.1 Å². The lowest BCUT2D eigenvalue weighted by Gasteiger charge is -2.08. The highest BCUT2D eigenvalue weighted by Gasteiger charge is 2.30. The maximum atomic E-state index is 13.6. The Morgan fingerprint density at radius 2 is 1.87 bits per heavy atom. The molecular formula is C19H13F4N7O. The zero-order valence-electron chi connectivity index (χ0n) is 15.6.